The number of ether oxygens (including phenoxy) is 1. The summed E-state index contributed by atoms with van der Waals surface area (Å²) >= 11 is 5.99. The maximum absolute atomic E-state index is 10.9. The second-order valence-electron chi connectivity index (χ2n) is 4.22. The van der Waals surface area contributed by atoms with Crippen LogP contribution in [-0.4, -0.2) is 22.2 Å². The van der Waals surface area contributed by atoms with Crippen LogP contribution in [-0.2, 0) is 11.2 Å². The van der Waals surface area contributed by atoms with E-state index in [0.717, 1.165) is 0 Å². The Kier molecular flexibility index (Phi) is 4.45. The van der Waals surface area contributed by atoms with Gasteiger partial charge in [-0.25, -0.2) is 4.79 Å². The maximum atomic E-state index is 10.9. The Morgan fingerprint density at radius 3 is 2.29 bits per heavy atom. The molecule has 0 atom stereocenters. The van der Waals surface area contributed by atoms with E-state index >= 15 is 0 Å². The van der Waals surface area contributed by atoms with E-state index < -0.39 is 11.9 Å². The van der Waals surface area contributed by atoms with Gasteiger partial charge in [-0.3, -0.25) is 4.79 Å². The van der Waals surface area contributed by atoms with Gasteiger partial charge in [-0.05, 0) is 36.4 Å². The molecule has 2 N–H and O–H groups in total. The Morgan fingerprint density at radius 2 is 1.71 bits per heavy atom. The quantitative estimate of drug-likeness (QED) is 0.883. The fraction of sp³-hybridized carbons (Fsp3) is 0.0667. The largest absolute Gasteiger partial charge is 0.481 e. The summed E-state index contributed by atoms with van der Waals surface area (Å²) in [6, 6.07) is 10.6. The molecule has 2 aromatic carbocycles. The van der Waals surface area contributed by atoms with Gasteiger partial charge in [-0.15, -0.1) is 0 Å². The van der Waals surface area contributed by atoms with Gasteiger partial charge in [-0.2, -0.15) is 0 Å². The number of carbonyl (C=O) groups is 2. The van der Waals surface area contributed by atoms with Gasteiger partial charge in [0.05, 0.1) is 12.0 Å². The molecule has 2 aromatic rings. The molecule has 0 bridgehead atoms. The van der Waals surface area contributed by atoms with Crippen LogP contribution in [0.1, 0.15) is 15.9 Å². The summed E-state index contributed by atoms with van der Waals surface area (Å²) < 4.78 is 5.59. The van der Waals surface area contributed by atoms with Crippen molar-refractivity contribution in [2.75, 3.05) is 0 Å². The van der Waals surface area contributed by atoms with Crippen molar-refractivity contribution < 1.29 is 24.5 Å². The lowest BCUT2D eigenvalue weighted by Gasteiger charge is -2.11. The molecule has 0 radical (unpaired) electrons. The Balaban J connectivity index is 2.28. The van der Waals surface area contributed by atoms with Crippen LogP contribution >= 0.6 is 11.6 Å². The first-order valence-electron chi connectivity index (χ1n) is 5.98. The first kappa shape index (κ1) is 14.9. The average Bonchev–Trinajstić information content (AvgIpc) is 2.43. The summed E-state index contributed by atoms with van der Waals surface area (Å²) in [5.41, 5.74) is 0.508. The van der Waals surface area contributed by atoms with Gasteiger partial charge in [0.2, 0.25) is 0 Å². The molecule has 0 heterocycles. The third-order valence-electron chi connectivity index (χ3n) is 2.73. The summed E-state index contributed by atoms with van der Waals surface area (Å²) in [4.78, 5) is 21.6. The lowest BCUT2D eigenvalue weighted by Crippen LogP contribution is -2.03. The highest BCUT2D eigenvalue weighted by molar-refractivity contribution is 6.31. The van der Waals surface area contributed by atoms with Crippen LogP contribution in [0, 0.1) is 0 Å². The fourth-order valence-electron chi connectivity index (χ4n) is 1.75. The number of hydrogen-bond donors (Lipinski definition) is 2. The van der Waals surface area contributed by atoms with Gasteiger partial charge in [0.1, 0.15) is 11.5 Å². The molecule has 0 aliphatic carbocycles. The lowest BCUT2D eigenvalue weighted by atomic mass is 10.1. The zero-order chi connectivity index (χ0) is 15.4. The van der Waals surface area contributed by atoms with Gasteiger partial charge < -0.3 is 14.9 Å². The number of halogens is 1. The van der Waals surface area contributed by atoms with E-state index in [9.17, 15) is 9.59 Å². The predicted molar refractivity (Wildman–Crippen MR) is 76.3 cm³/mol. The SMILES string of the molecule is O=C(O)Cc1c(Cl)cccc1Oc1ccc(C(=O)O)cc1. The van der Waals surface area contributed by atoms with Crippen molar-refractivity contribution in [3.8, 4) is 11.5 Å². The molecule has 21 heavy (non-hydrogen) atoms. The second-order valence-corrected chi connectivity index (χ2v) is 4.63. The third kappa shape index (κ3) is 3.73. The number of benzene rings is 2. The molecule has 2 rings (SSSR count). The van der Waals surface area contributed by atoms with Crippen LogP contribution in [0.2, 0.25) is 5.02 Å². The topological polar surface area (TPSA) is 83.8 Å². The average molecular weight is 307 g/mol. The van der Waals surface area contributed by atoms with Crippen molar-refractivity contribution in [3.05, 3.63) is 58.6 Å². The van der Waals surface area contributed by atoms with Crippen molar-refractivity contribution in [2.45, 2.75) is 6.42 Å². The van der Waals surface area contributed by atoms with E-state index in [1.165, 1.54) is 24.3 Å². The Morgan fingerprint density at radius 1 is 1.05 bits per heavy atom. The Hall–Kier alpha value is -2.53. The van der Waals surface area contributed by atoms with Crippen molar-refractivity contribution in [3.63, 3.8) is 0 Å². The number of aromatic carboxylic acids is 1. The first-order valence-corrected chi connectivity index (χ1v) is 6.35. The van der Waals surface area contributed by atoms with Gasteiger partial charge in [0.15, 0.2) is 0 Å². The number of carboxylic acids is 2. The van der Waals surface area contributed by atoms with Gasteiger partial charge in [0, 0.05) is 10.6 Å². The molecule has 0 saturated carbocycles. The number of aliphatic carboxylic acids is 1. The second kappa shape index (κ2) is 6.28. The van der Waals surface area contributed by atoms with Gasteiger partial charge in [0.25, 0.3) is 0 Å². The fourth-order valence-corrected chi connectivity index (χ4v) is 1.98. The highest BCUT2D eigenvalue weighted by atomic mass is 35.5. The van der Waals surface area contributed by atoms with Gasteiger partial charge >= 0.3 is 11.9 Å². The van der Waals surface area contributed by atoms with E-state index in [1.54, 1.807) is 18.2 Å². The standard InChI is InChI=1S/C15H11ClO5/c16-12-2-1-3-13(11(12)8-14(17)18)21-10-6-4-9(5-7-10)15(19)20/h1-7H,8H2,(H,17,18)(H,19,20). The third-order valence-corrected chi connectivity index (χ3v) is 3.09. The van der Waals surface area contributed by atoms with E-state index in [4.69, 9.17) is 26.6 Å². The van der Waals surface area contributed by atoms with Crippen LogP contribution < -0.4 is 4.74 Å². The minimum Gasteiger partial charge on any atom is -0.481 e. The molecule has 6 heteroatoms. The molecule has 0 fully saturated rings. The molecular formula is C15H11ClO5. The normalized spacial score (nSPS) is 10.1. The molecule has 0 amide bonds. The van der Waals surface area contributed by atoms with Crippen LogP contribution in [0.3, 0.4) is 0 Å². The van der Waals surface area contributed by atoms with Crippen LogP contribution in [0.4, 0.5) is 0 Å². The van der Waals surface area contributed by atoms with Gasteiger partial charge in [-0.1, -0.05) is 17.7 Å². The minimum absolute atomic E-state index is 0.138. The Labute approximate surface area is 125 Å². The molecule has 0 spiro atoms. The molecule has 0 unspecified atom stereocenters. The highest BCUT2D eigenvalue weighted by Crippen LogP contribution is 2.31. The first-order chi connectivity index (χ1) is 9.97. The molecule has 108 valence electrons. The van der Waals surface area contributed by atoms with Crippen LogP contribution in [0.25, 0.3) is 0 Å². The zero-order valence-electron chi connectivity index (χ0n) is 10.7. The van der Waals surface area contributed by atoms with E-state index in [-0.39, 0.29) is 12.0 Å². The molecule has 0 aliphatic heterocycles. The summed E-state index contributed by atoms with van der Waals surface area (Å²) in [5, 5.41) is 18.0. The van der Waals surface area contributed by atoms with Crippen molar-refractivity contribution in [2.24, 2.45) is 0 Å². The Bertz CT molecular complexity index is 679. The summed E-state index contributed by atoms with van der Waals surface area (Å²) in [6.45, 7) is 0. The summed E-state index contributed by atoms with van der Waals surface area (Å²) in [7, 11) is 0. The highest BCUT2D eigenvalue weighted by Gasteiger charge is 2.13. The summed E-state index contributed by atoms with van der Waals surface area (Å²) in [6.07, 6.45) is -0.262. The van der Waals surface area contributed by atoms with E-state index in [2.05, 4.69) is 0 Å². The van der Waals surface area contributed by atoms with Crippen LogP contribution in [0.15, 0.2) is 42.5 Å². The minimum atomic E-state index is -1.03. The van der Waals surface area contributed by atoms with Crippen LogP contribution in [0.5, 0.6) is 11.5 Å². The number of hydrogen-bond acceptors (Lipinski definition) is 3. The van der Waals surface area contributed by atoms with Crippen molar-refractivity contribution in [1.29, 1.82) is 0 Å². The maximum Gasteiger partial charge on any atom is 0.335 e. The molecule has 5 nitrogen and oxygen atoms in total. The van der Waals surface area contributed by atoms with E-state index in [0.29, 0.717) is 22.1 Å². The van der Waals surface area contributed by atoms with Crippen molar-refractivity contribution in [1.82, 2.24) is 0 Å². The molecule has 0 aliphatic rings. The van der Waals surface area contributed by atoms with Crippen molar-refractivity contribution >= 4 is 23.5 Å². The summed E-state index contributed by atoms with van der Waals surface area (Å²) in [5.74, 6) is -1.33. The monoisotopic (exact) mass is 306 g/mol. The number of rotatable bonds is 5. The number of carboxylic acid groups (broad SMARTS) is 2. The zero-order valence-corrected chi connectivity index (χ0v) is 11.5. The van der Waals surface area contributed by atoms with E-state index in [1.807, 2.05) is 0 Å². The molecule has 0 aromatic heterocycles. The molecular weight excluding hydrogens is 296 g/mol. The smallest absolute Gasteiger partial charge is 0.335 e. The lowest BCUT2D eigenvalue weighted by molar-refractivity contribution is -0.136. The predicted octanol–water partition coefficient (Wildman–Crippen LogP) is 3.46. The molecule has 0 saturated heterocycles.